The van der Waals surface area contributed by atoms with E-state index in [1.54, 1.807) is 6.07 Å². The Balaban J connectivity index is 0.000000209. The zero-order chi connectivity index (χ0) is 18.6. The minimum atomic E-state index is 0.364. The molecule has 0 fully saturated rings. The van der Waals surface area contributed by atoms with Gasteiger partial charge < -0.3 is 10.4 Å². The summed E-state index contributed by atoms with van der Waals surface area (Å²) in [5, 5.41) is 12.6. The van der Waals surface area contributed by atoms with E-state index in [1.165, 1.54) is 36.0 Å². The summed E-state index contributed by atoms with van der Waals surface area (Å²) in [7, 11) is 1.98. The third-order valence-corrected chi connectivity index (χ3v) is 4.62. The summed E-state index contributed by atoms with van der Waals surface area (Å²) in [6, 6.07) is 18.1. The zero-order valence-electron chi connectivity index (χ0n) is 16.0. The summed E-state index contributed by atoms with van der Waals surface area (Å²) in [5.74, 6) is 0.819. The molecular weight excluding hydrogens is 318 g/mol. The first-order chi connectivity index (χ1) is 12.7. The van der Waals surface area contributed by atoms with Crippen molar-refractivity contribution in [2.24, 2.45) is 0 Å². The lowest BCUT2D eigenvalue weighted by atomic mass is 9.82. The predicted octanol–water partition coefficient (Wildman–Crippen LogP) is 5.61. The van der Waals surface area contributed by atoms with Gasteiger partial charge in [-0.3, -0.25) is 0 Å². The van der Waals surface area contributed by atoms with Gasteiger partial charge in [-0.1, -0.05) is 60.7 Å². The minimum Gasteiger partial charge on any atom is -0.508 e. The number of phenolic OH excluding ortho intramolecular Hbond substituents is 1. The first-order valence-corrected chi connectivity index (χ1v) is 9.54. The normalized spacial score (nSPS) is 16.7. The van der Waals surface area contributed by atoms with Crippen LogP contribution in [0.15, 0.2) is 78.4 Å². The summed E-state index contributed by atoms with van der Waals surface area (Å²) < 4.78 is 0. The summed E-state index contributed by atoms with van der Waals surface area (Å²) in [6.45, 7) is 3.11. The van der Waals surface area contributed by atoms with Crippen LogP contribution in [0.5, 0.6) is 5.75 Å². The van der Waals surface area contributed by atoms with E-state index in [-0.39, 0.29) is 0 Å². The van der Waals surface area contributed by atoms with Crippen LogP contribution in [-0.2, 0) is 6.42 Å². The summed E-state index contributed by atoms with van der Waals surface area (Å²) in [4.78, 5) is 0. The molecule has 2 N–H and O–H groups in total. The molecule has 1 aliphatic carbocycles. The third-order valence-electron chi connectivity index (χ3n) is 4.62. The Morgan fingerprint density at radius 3 is 2.62 bits per heavy atom. The van der Waals surface area contributed by atoms with E-state index in [0.29, 0.717) is 11.7 Å². The summed E-state index contributed by atoms with van der Waals surface area (Å²) in [6.07, 6.45) is 11.3. The molecule has 2 aromatic rings. The van der Waals surface area contributed by atoms with Crippen molar-refractivity contribution in [3.63, 3.8) is 0 Å². The van der Waals surface area contributed by atoms with Crippen molar-refractivity contribution in [2.45, 2.75) is 38.5 Å². The second-order valence-corrected chi connectivity index (χ2v) is 6.62. The molecule has 0 amide bonds. The third kappa shape index (κ3) is 6.53. The second-order valence-electron chi connectivity index (χ2n) is 6.62. The molecule has 0 radical (unpaired) electrons. The zero-order valence-corrected chi connectivity index (χ0v) is 16.0. The van der Waals surface area contributed by atoms with Gasteiger partial charge in [-0.2, -0.15) is 0 Å². The number of likely N-dealkylation sites (N-methyl/N-ethyl adjacent to an activating group) is 1. The molecule has 0 saturated carbocycles. The summed E-state index contributed by atoms with van der Waals surface area (Å²) in [5.41, 5.74) is 4.01. The number of allylic oxidation sites excluding steroid dienone is 4. The van der Waals surface area contributed by atoms with E-state index < -0.39 is 0 Å². The smallest absolute Gasteiger partial charge is 0.115 e. The number of hydrogen-bond acceptors (Lipinski definition) is 2. The molecule has 0 spiro atoms. The van der Waals surface area contributed by atoms with Crippen molar-refractivity contribution in [1.82, 2.24) is 5.32 Å². The number of nitrogens with one attached hydrogen (secondary N) is 1. The van der Waals surface area contributed by atoms with Crippen LogP contribution in [0.3, 0.4) is 0 Å². The molecule has 2 aromatic carbocycles. The van der Waals surface area contributed by atoms with Gasteiger partial charge in [-0.15, -0.1) is 0 Å². The van der Waals surface area contributed by atoms with E-state index in [2.05, 4.69) is 60.8 Å². The molecule has 0 saturated heterocycles. The average molecular weight is 350 g/mol. The molecule has 2 nitrogen and oxygen atoms in total. The molecular formula is C24H31NO. The van der Waals surface area contributed by atoms with Crippen molar-refractivity contribution in [1.29, 1.82) is 0 Å². The first-order valence-electron chi connectivity index (χ1n) is 9.54. The highest BCUT2D eigenvalue weighted by molar-refractivity contribution is 5.39. The fourth-order valence-electron chi connectivity index (χ4n) is 3.29. The maximum absolute atomic E-state index is 9.52. The van der Waals surface area contributed by atoms with Gasteiger partial charge in [0.15, 0.2) is 0 Å². The molecule has 138 valence electrons. The van der Waals surface area contributed by atoms with Crippen LogP contribution < -0.4 is 5.32 Å². The highest BCUT2D eigenvalue weighted by Gasteiger charge is 2.17. The highest BCUT2D eigenvalue weighted by Crippen LogP contribution is 2.35. The monoisotopic (exact) mass is 349 g/mol. The number of benzene rings is 2. The van der Waals surface area contributed by atoms with Crippen LogP contribution in [0.2, 0.25) is 0 Å². The molecule has 1 atom stereocenters. The quantitative estimate of drug-likeness (QED) is 0.735. The minimum absolute atomic E-state index is 0.364. The average Bonchev–Trinajstić information content (AvgIpc) is 2.68. The SMILES string of the molecule is C/C=C\C1=CCCCC1c1cccc(O)c1.CNCCc1ccccc1. The molecule has 0 aromatic heterocycles. The maximum atomic E-state index is 9.52. The maximum Gasteiger partial charge on any atom is 0.115 e. The van der Waals surface area contributed by atoms with E-state index in [4.69, 9.17) is 0 Å². The van der Waals surface area contributed by atoms with E-state index >= 15 is 0 Å². The van der Waals surface area contributed by atoms with Gasteiger partial charge >= 0.3 is 0 Å². The predicted molar refractivity (Wildman–Crippen MR) is 112 cm³/mol. The highest BCUT2D eigenvalue weighted by atomic mass is 16.3. The largest absolute Gasteiger partial charge is 0.508 e. The van der Waals surface area contributed by atoms with Crippen LogP contribution in [0.4, 0.5) is 0 Å². The molecule has 2 heteroatoms. The van der Waals surface area contributed by atoms with Gasteiger partial charge in [-0.05, 0) is 75.0 Å². The van der Waals surface area contributed by atoms with Gasteiger partial charge in [0.25, 0.3) is 0 Å². The first kappa shape index (κ1) is 20.0. The lowest BCUT2D eigenvalue weighted by Gasteiger charge is -2.23. The Bertz CT molecular complexity index is 703. The Labute approximate surface area is 158 Å². The standard InChI is InChI=1S/C15H18O.C9H13N/c1-2-6-12-7-3-4-10-15(12)13-8-5-9-14(16)11-13;1-10-8-7-9-5-3-2-4-6-9/h2,5-9,11,15-16H,3-4,10H2,1H3;2-6,10H,7-8H2,1H3/b6-2-;. The molecule has 0 heterocycles. The van der Waals surface area contributed by atoms with Gasteiger partial charge in [-0.25, -0.2) is 0 Å². The van der Waals surface area contributed by atoms with Crippen molar-refractivity contribution in [3.8, 4) is 5.75 Å². The van der Waals surface area contributed by atoms with Crippen LogP contribution in [0, 0.1) is 0 Å². The van der Waals surface area contributed by atoms with Crippen LogP contribution >= 0.6 is 0 Å². The Morgan fingerprint density at radius 1 is 1.12 bits per heavy atom. The topological polar surface area (TPSA) is 32.3 Å². The molecule has 0 bridgehead atoms. The Hall–Kier alpha value is -2.32. The Kier molecular flexibility index (Phi) is 8.71. The molecule has 1 unspecified atom stereocenters. The fourth-order valence-corrected chi connectivity index (χ4v) is 3.29. The van der Waals surface area contributed by atoms with Crippen molar-refractivity contribution in [2.75, 3.05) is 13.6 Å². The van der Waals surface area contributed by atoms with Crippen LogP contribution in [-0.4, -0.2) is 18.7 Å². The van der Waals surface area contributed by atoms with Crippen molar-refractivity contribution < 1.29 is 5.11 Å². The van der Waals surface area contributed by atoms with Crippen molar-refractivity contribution in [3.05, 3.63) is 89.5 Å². The van der Waals surface area contributed by atoms with Crippen LogP contribution in [0.1, 0.15) is 43.2 Å². The van der Waals surface area contributed by atoms with Gasteiger partial charge in [0.2, 0.25) is 0 Å². The van der Waals surface area contributed by atoms with Crippen molar-refractivity contribution >= 4 is 0 Å². The molecule has 1 aliphatic rings. The van der Waals surface area contributed by atoms with E-state index in [0.717, 1.165) is 13.0 Å². The van der Waals surface area contributed by atoms with Crippen LogP contribution in [0.25, 0.3) is 0 Å². The number of rotatable bonds is 5. The lowest BCUT2D eigenvalue weighted by molar-refractivity contribution is 0.473. The van der Waals surface area contributed by atoms with E-state index in [1.807, 2.05) is 25.2 Å². The lowest BCUT2D eigenvalue weighted by Crippen LogP contribution is -2.09. The van der Waals surface area contributed by atoms with E-state index in [9.17, 15) is 5.11 Å². The molecule has 0 aliphatic heterocycles. The summed E-state index contributed by atoms with van der Waals surface area (Å²) >= 11 is 0. The second kappa shape index (κ2) is 11.3. The number of hydrogen-bond donors (Lipinski definition) is 2. The molecule has 3 rings (SSSR count). The Morgan fingerprint density at radius 2 is 1.92 bits per heavy atom. The number of aromatic hydroxyl groups is 1. The molecule has 26 heavy (non-hydrogen) atoms. The van der Waals surface area contributed by atoms with Gasteiger partial charge in [0.1, 0.15) is 5.75 Å². The fraction of sp³-hybridized carbons (Fsp3) is 0.333. The van der Waals surface area contributed by atoms with Gasteiger partial charge in [0.05, 0.1) is 0 Å². The number of phenols is 1. The van der Waals surface area contributed by atoms with Gasteiger partial charge in [0, 0.05) is 5.92 Å².